The van der Waals surface area contributed by atoms with Crippen molar-refractivity contribution in [2.24, 2.45) is 5.41 Å². The van der Waals surface area contributed by atoms with Crippen LogP contribution in [0.1, 0.15) is 60.8 Å². The Kier molecular flexibility index (Phi) is 6.30. The number of nitrogens with zero attached hydrogens (tertiary/aromatic N) is 2. The first-order valence-electron chi connectivity index (χ1n) is 11.3. The number of benzene rings is 2. The quantitative estimate of drug-likeness (QED) is 0.470. The van der Waals surface area contributed by atoms with Gasteiger partial charge >= 0.3 is 5.97 Å². The lowest BCUT2D eigenvalue weighted by Crippen LogP contribution is -2.43. The lowest BCUT2D eigenvalue weighted by atomic mass is 9.65. The van der Waals surface area contributed by atoms with E-state index in [4.69, 9.17) is 9.84 Å². The van der Waals surface area contributed by atoms with Gasteiger partial charge in [0.2, 0.25) is 0 Å². The molecule has 1 N–H and O–H groups in total. The van der Waals surface area contributed by atoms with E-state index in [0.717, 1.165) is 36.1 Å². The second-order valence-electron chi connectivity index (χ2n) is 9.47. The van der Waals surface area contributed by atoms with Crippen molar-refractivity contribution in [3.63, 3.8) is 0 Å². The Balaban J connectivity index is 1.60. The Morgan fingerprint density at radius 3 is 2.52 bits per heavy atom. The van der Waals surface area contributed by atoms with E-state index in [-0.39, 0.29) is 22.2 Å². The number of rotatable bonds is 8. The summed E-state index contributed by atoms with van der Waals surface area (Å²) in [6.45, 7) is 7.49. The van der Waals surface area contributed by atoms with Crippen LogP contribution in [0.5, 0.6) is 0 Å². The van der Waals surface area contributed by atoms with Crippen molar-refractivity contribution in [3.05, 3.63) is 82.8 Å². The standard InChI is InChI=1S/C27H29FN2O3/c1-4-13-27(17-33-16-18-9-11-19(12-10-18)25(31)32)24-20(15-26(27,2)3)14-23(29-30-24)21-7-5-6-8-22(21)28/h5-12,14H,4,13,15-17H2,1-3H3,(H,31,32)/t27-/m1/s1. The summed E-state index contributed by atoms with van der Waals surface area (Å²) >= 11 is 0. The van der Waals surface area contributed by atoms with Crippen molar-refractivity contribution in [1.82, 2.24) is 10.2 Å². The maximum Gasteiger partial charge on any atom is 0.335 e. The summed E-state index contributed by atoms with van der Waals surface area (Å²) in [6, 6.07) is 15.4. The van der Waals surface area contributed by atoms with Gasteiger partial charge in [-0.2, -0.15) is 10.2 Å². The second kappa shape index (κ2) is 9.02. The Morgan fingerprint density at radius 1 is 1.12 bits per heavy atom. The molecule has 0 bridgehead atoms. The van der Waals surface area contributed by atoms with Gasteiger partial charge in [-0.15, -0.1) is 0 Å². The second-order valence-corrected chi connectivity index (χ2v) is 9.47. The zero-order valence-electron chi connectivity index (χ0n) is 19.3. The number of carbonyl (C=O) groups is 1. The summed E-state index contributed by atoms with van der Waals surface area (Å²) in [6.07, 6.45) is 2.69. The highest BCUT2D eigenvalue weighted by atomic mass is 19.1. The van der Waals surface area contributed by atoms with Gasteiger partial charge in [0.25, 0.3) is 0 Å². The zero-order valence-corrected chi connectivity index (χ0v) is 19.3. The van der Waals surface area contributed by atoms with Crippen molar-refractivity contribution >= 4 is 5.97 Å². The number of aromatic nitrogens is 2. The third-order valence-corrected chi connectivity index (χ3v) is 6.90. The molecule has 1 aliphatic rings. The molecule has 0 amide bonds. The Morgan fingerprint density at radius 2 is 1.85 bits per heavy atom. The molecule has 4 rings (SSSR count). The van der Waals surface area contributed by atoms with E-state index in [1.165, 1.54) is 6.07 Å². The smallest absolute Gasteiger partial charge is 0.335 e. The lowest BCUT2D eigenvalue weighted by Gasteiger charge is -2.41. The van der Waals surface area contributed by atoms with Crippen molar-refractivity contribution in [2.45, 2.75) is 52.1 Å². The van der Waals surface area contributed by atoms with Crippen LogP contribution >= 0.6 is 0 Å². The third-order valence-electron chi connectivity index (χ3n) is 6.90. The van der Waals surface area contributed by atoms with E-state index in [1.807, 2.05) is 6.07 Å². The SMILES string of the molecule is CCC[C@@]1(COCc2ccc(C(=O)O)cc2)c2nnc(-c3ccccc3F)cc2CC1(C)C. The molecule has 33 heavy (non-hydrogen) atoms. The Hall–Kier alpha value is -3.12. The summed E-state index contributed by atoms with van der Waals surface area (Å²) in [4.78, 5) is 11.1. The number of fused-ring (bicyclic) bond motifs is 1. The van der Waals surface area contributed by atoms with Crippen LogP contribution in [-0.2, 0) is 23.2 Å². The van der Waals surface area contributed by atoms with Gasteiger partial charge < -0.3 is 9.84 Å². The van der Waals surface area contributed by atoms with Gasteiger partial charge in [-0.25, -0.2) is 9.18 Å². The van der Waals surface area contributed by atoms with Crippen LogP contribution in [0.15, 0.2) is 54.6 Å². The average molecular weight is 449 g/mol. The van der Waals surface area contributed by atoms with Crippen LogP contribution in [0, 0.1) is 11.2 Å². The van der Waals surface area contributed by atoms with Gasteiger partial charge in [-0.1, -0.05) is 51.5 Å². The molecule has 1 heterocycles. The van der Waals surface area contributed by atoms with Crippen LogP contribution in [0.4, 0.5) is 4.39 Å². The van der Waals surface area contributed by atoms with Crippen LogP contribution in [0.2, 0.25) is 0 Å². The highest BCUT2D eigenvalue weighted by Gasteiger charge is 2.53. The molecule has 1 aliphatic carbocycles. The van der Waals surface area contributed by atoms with Crippen LogP contribution in [0.3, 0.4) is 0 Å². The minimum absolute atomic E-state index is 0.110. The van der Waals surface area contributed by atoms with E-state index < -0.39 is 5.97 Å². The van der Waals surface area contributed by atoms with Gasteiger partial charge in [-0.05, 0) is 59.7 Å². The fourth-order valence-electron chi connectivity index (χ4n) is 5.04. The predicted octanol–water partition coefficient (Wildman–Crippen LogP) is 5.82. The minimum atomic E-state index is -0.943. The number of aromatic carboxylic acids is 1. The summed E-state index contributed by atoms with van der Waals surface area (Å²) < 4.78 is 20.5. The Bertz CT molecular complexity index is 1160. The monoisotopic (exact) mass is 448 g/mol. The molecular weight excluding hydrogens is 419 g/mol. The largest absolute Gasteiger partial charge is 0.478 e. The van der Waals surface area contributed by atoms with Crippen molar-refractivity contribution in [2.75, 3.05) is 6.61 Å². The molecule has 1 aromatic heterocycles. The molecule has 0 saturated heterocycles. The number of ether oxygens (including phenoxy) is 1. The number of carboxylic acid groups (broad SMARTS) is 1. The van der Waals surface area contributed by atoms with Crippen molar-refractivity contribution in [1.29, 1.82) is 0 Å². The van der Waals surface area contributed by atoms with Crippen LogP contribution in [0.25, 0.3) is 11.3 Å². The maximum absolute atomic E-state index is 14.3. The molecule has 3 aromatic rings. The molecule has 6 heteroatoms. The molecule has 0 saturated carbocycles. The normalized spacial score (nSPS) is 18.8. The summed E-state index contributed by atoms with van der Waals surface area (Å²) in [5.41, 5.74) is 3.80. The average Bonchev–Trinajstić information content (AvgIpc) is 3.00. The first kappa shape index (κ1) is 23.1. The molecule has 0 fully saturated rings. The first-order valence-corrected chi connectivity index (χ1v) is 11.3. The molecule has 0 spiro atoms. The predicted molar refractivity (Wildman–Crippen MR) is 125 cm³/mol. The molecule has 5 nitrogen and oxygen atoms in total. The molecule has 0 aliphatic heterocycles. The van der Waals surface area contributed by atoms with E-state index in [9.17, 15) is 9.18 Å². The fraction of sp³-hybridized carbons (Fsp3) is 0.370. The lowest BCUT2D eigenvalue weighted by molar-refractivity contribution is 0.0148. The van der Waals surface area contributed by atoms with Gasteiger partial charge in [0.15, 0.2) is 0 Å². The minimum Gasteiger partial charge on any atom is -0.478 e. The molecule has 0 radical (unpaired) electrons. The first-order chi connectivity index (χ1) is 15.8. The highest BCUT2D eigenvalue weighted by molar-refractivity contribution is 5.87. The van der Waals surface area contributed by atoms with Gasteiger partial charge in [0.1, 0.15) is 5.82 Å². The number of halogens is 1. The third kappa shape index (κ3) is 4.27. The maximum atomic E-state index is 14.3. The van der Waals surface area contributed by atoms with Crippen molar-refractivity contribution in [3.8, 4) is 11.3 Å². The summed E-state index contributed by atoms with van der Waals surface area (Å²) in [7, 11) is 0. The summed E-state index contributed by atoms with van der Waals surface area (Å²) in [5.74, 6) is -1.25. The van der Waals surface area contributed by atoms with Crippen LogP contribution in [-0.4, -0.2) is 27.9 Å². The molecule has 2 aromatic carbocycles. The highest BCUT2D eigenvalue weighted by Crippen LogP contribution is 2.53. The van der Waals surface area contributed by atoms with Crippen molar-refractivity contribution < 1.29 is 19.0 Å². The Labute approximate surface area is 193 Å². The topological polar surface area (TPSA) is 72.3 Å². The zero-order chi connectivity index (χ0) is 23.6. The molecule has 172 valence electrons. The van der Waals surface area contributed by atoms with E-state index in [1.54, 1.807) is 42.5 Å². The fourth-order valence-corrected chi connectivity index (χ4v) is 5.04. The van der Waals surface area contributed by atoms with Gasteiger partial charge in [0, 0.05) is 11.0 Å². The molecular formula is C27H29FN2O3. The number of hydrogen-bond donors (Lipinski definition) is 1. The number of carboxylic acids is 1. The van der Waals surface area contributed by atoms with E-state index in [2.05, 4.69) is 31.0 Å². The number of hydrogen-bond acceptors (Lipinski definition) is 4. The van der Waals surface area contributed by atoms with Gasteiger partial charge in [0.05, 0.1) is 30.2 Å². The molecule has 1 atom stereocenters. The summed E-state index contributed by atoms with van der Waals surface area (Å²) in [5, 5.41) is 18.1. The van der Waals surface area contributed by atoms with Crippen LogP contribution < -0.4 is 0 Å². The van der Waals surface area contributed by atoms with Gasteiger partial charge in [-0.3, -0.25) is 0 Å². The van der Waals surface area contributed by atoms with E-state index in [0.29, 0.717) is 24.5 Å². The molecule has 0 unspecified atom stereocenters. The van der Waals surface area contributed by atoms with E-state index >= 15 is 0 Å².